The van der Waals surface area contributed by atoms with Gasteiger partial charge in [0.15, 0.2) is 0 Å². The number of piperidine rings is 1. The quantitative estimate of drug-likeness (QED) is 0.792. The first kappa shape index (κ1) is 19.6. The second-order valence-electron chi connectivity index (χ2n) is 8.08. The van der Waals surface area contributed by atoms with Crippen LogP contribution in [0.4, 0.5) is 0 Å². The molecule has 3 amide bonds. The van der Waals surface area contributed by atoms with Gasteiger partial charge in [-0.15, -0.1) is 0 Å². The van der Waals surface area contributed by atoms with Crippen molar-refractivity contribution in [3.63, 3.8) is 0 Å². The summed E-state index contributed by atoms with van der Waals surface area (Å²) in [4.78, 5) is 41.8. The van der Waals surface area contributed by atoms with Crippen LogP contribution in [0.1, 0.15) is 59.7 Å². The van der Waals surface area contributed by atoms with Crippen LogP contribution in [0.25, 0.3) is 10.8 Å². The van der Waals surface area contributed by atoms with Gasteiger partial charge in [-0.1, -0.05) is 24.3 Å². The van der Waals surface area contributed by atoms with E-state index in [1.54, 1.807) is 12.1 Å². The van der Waals surface area contributed by atoms with Crippen LogP contribution in [0.2, 0.25) is 0 Å². The molecule has 2 N–H and O–H groups in total. The number of nitrogens with zero attached hydrogens (tertiary/aromatic N) is 2. The highest BCUT2D eigenvalue weighted by atomic mass is 16.2. The smallest absolute Gasteiger partial charge is 0.261 e. The van der Waals surface area contributed by atoms with Crippen molar-refractivity contribution in [1.29, 1.82) is 0 Å². The monoisotopic (exact) mass is 393 g/mol. The van der Waals surface area contributed by atoms with Crippen molar-refractivity contribution in [1.82, 2.24) is 9.80 Å². The Labute approximate surface area is 170 Å². The summed E-state index contributed by atoms with van der Waals surface area (Å²) in [6.07, 6.45) is 3.80. The van der Waals surface area contributed by atoms with Gasteiger partial charge in [0, 0.05) is 48.1 Å². The number of nitrogens with two attached hydrogens (primary N) is 1. The minimum absolute atomic E-state index is 0.0542. The lowest BCUT2D eigenvalue weighted by Gasteiger charge is -2.38. The molecule has 6 heteroatoms. The number of amides is 3. The predicted octanol–water partition coefficient (Wildman–Crippen LogP) is 2.94. The summed E-state index contributed by atoms with van der Waals surface area (Å²) in [6, 6.07) is 11.0. The Morgan fingerprint density at radius 2 is 1.76 bits per heavy atom. The van der Waals surface area contributed by atoms with Gasteiger partial charge in [0.2, 0.25) is 5.91 Å². The average Bonchev–Trinajstić information content (AvgIpc) is 2.74. The number of hydrogen-bond donors (Lipinski definition) is 1. The molecule has 0 aliphatic carbocycles. The molecule has 6 nitrogen and oxygen atoms in total. The molecule has 1 fully saturated rings. The van der Waals surface area contributed by atoms with Crippen molar-refractivity contribution in [3.8, 4) is 0 Å². The SMILES string of the molecule is CC(N)C1CCCCN1C(=O)CCCN1C(=O)c2cccc3cccc(c23)C1=O. The van der Waals surface area contributed by atoms with E-state index in [0.717, 1.165) is 36.6 Å². The Bertz CT molecular complexity index is 918. The first-order valence-corrected chi connectivity index (χ1v) is 10.4. The second-order valence-corrected chi connectivity index (χ2v) is 8.08. The second kappa shape index (κ2) is 7.95. The van der Waals surface area contributed by atoms with Crippen molar-refractivity contribution in [2.75, 3.05) is 13.1 Å². The Balaban J connectivity index is 1.45. The Morgan fingerprint density at radius 1 is 1.10 bits per heavy atom. The minimum Gasteiger partial charge on any atom is -0.338 e. The van der Waals surface area contributed by atoms with E-state index in [1.165, 1.54) is 4.90 Å². The third kappa shape index (κ3) is 3.53. The number of benzene rings is 2. The van der Waals surface area contributed by atoms with Crippen LogP contribution < -0.4 is 5.73 Å². The molecular weight excluding hydrogens is 366 g/mol. The number of likely N-dealkylation sites (tertiary alicyclic amines) is 1. The zero-order valence-corrected chi connectivity index (χ0v) is 16.8. The third-order valence-electron chi connectivity index (χ3n) is 6.10. The van der Waals surface area contributed by atoms with Crippen LogP contribution in [0.3, 0.4) is 0 Å². The zero-order chi connectivity index (χ0) is 20.5. The van der Waals surface area contributed by atoms with Gasteiger partial charge in [0.25, 0.3) is 11.8 Å². The summed E-state index contributed by atoms with van der Waals surface area (Å²) < 4.78 is 0. The Hall–Kier alpha value is -2.73. The van der Waals surface area contributed by atoms with E-state index in [4.69, 9.17) is 5.73 Å². The summed E-state index contributed by atoms with van der Waals surface area (Å²) >= 11 is 0. The molecule has 2 unspecified atom stereocenters. The third-order valence-corrected chi connectivity index (χ3v) is 6.10. The van der Waals surface area contributed by atoms with Gasteiger partial charge in [0.05, 0.1) is 0 Å². The van der Waals surface area contributed by atoms with E-state index in [1.807, 2.05) is 36.1 Å². The normalized spacial score (nSPS) is 20.3. The van der Waals surface area contributed by atoms with Crippen LogP contribution in [0.5, 0.6) is 0 Å². The largest absolute Gasteiger partial charge is 0.338 e. The summed E-state index contributed by atoms with van der Waals surface area (Å²) in [5.41, 5.74) is 7.17. The molecular formula is C23H27N3O3. The zero-order valence-electron chi connectivity index (χ0n) is 16.8. The summed E-state index contributed by atoms with van der Waals surface area (Å²) in [5.74, 6) is -0.497. The van der Waals surface area contributed by atoms with Crippen LogP contribution in [0.15, 0.2) is 36.4 Å². The highest BCUT2D eigenvalue weighted by Gasteiger charge is 2.33. The molecule has 152 valence electrons. The number of hydrogen-bond acceptors (Lipinski definition) is 4. The molecule has 2 heterocycles. The van der Waals surface area contributed by atoms with Gasteiger partial charge < -0.3 is 10.6 Å². The van der Waals surface area contributed by atoms with E-state index in [9.17, 15) is 14.4 Å². The van der Waals surface area contributed by atoms with Crippen LogP contribution in [0, 0.1) is 0 Å². The average molecular weight is 393 g/mol. The molecule has 2 atom stereocenters. The molecule has 0 spiro atoms. The Kier molecular flexibility index (Phi) is 5.37. The molecule has 2 aromatic carbocycles. The summed E-state index contributed by atoms with van der Waals surface area (Å²) in [7, 11) is 0. The van der Waals surface area contributed by atoms with Gasteiger partial charge in [-0.2, -0.15) is 0 Å². The summed E-state index contributed by atoms with van der Waals surface area (Å²) in [6.45, 7) is 2.92. The van der Waals surface area contributed by atoms with Gasteiger partial charge in [0.1, 0.15) is 0 Å². The molecule has 29 heavy (non-hydrogen) atoms. The van der Waals surface area contributed by atoms with Gasteiger partial charge in [-0.25, -0.2) is 0 Å². The molecule has 2 aromatic rings. The van der Waals surface area contributed by atoms with E-state index in [0.29, 0.717) is 24.0 Å². The van der Waals surface area contributed by atoms with Gasteiger partial charge >= 0.3 is 0 Å². The number of imide groups is 1. The topological polar surface area (TPSA) is 83.7 Å². The van der Waals surface area contributed by atoms with E-state index in [2.05, 4.69) is 0 Å². The van der Waals surface area contributed by atoms with Crippen LogP contribution in [-0.2, 0) is 4.79 Å². The molecule has 1 saturated heterocycles. The van der Waals surface area contributed by atoms with Gasteiger partial charge in [-0.3, -0.25) is 19.3 Å². The highest BCUT2D eigenvalue weighted by Crippen LogP contribution is 2.30. The standard InChI is InChI=1S/C23H27N3O3/c1-15(24)19-11-2-3-13-25(19)20(27)12-6-14-26-22(28)17-9-4-7-16-8-5-10-18(21(16)17)23(26)29/h4-5,7-10,15,19H,2-3,6,11-14,24H2,1H3. The van der Waals surface area contributed by atoms with Crippen molar-refractivity contribution in [2.45, 2.75) is 51.1 Å². The van der Waals surface area contributed by atoms with E-state index >= 15 is 0 Å². The molecule has 0 bridgehead atoms. The fourth-order valence-electron chi connectivity index (χ4n) is 4.63. The van der Waals surface area contributed by atoms with Crippen LogP contribution in [-0.4, -0.2) is 52.7 Å². The van der Waals surface area contributed by atoms with Crippen molar-refractivity contribution in [2.24, 2.45) is 5.73 Å². The first-order chi connectivity index (χ1) is 14.0. The highest BCUT2D eigenvalue weighted by molar-refractivity contribution is 6.25. The Morgan fingerprint density at radius 3 is 2.38 bits per heavy atom. The maximum absolute atomic E-state index is 12.9. The molecule has 4 rings (SSSR count). The first-order valence-electron chi connectivity index (χ1n) is 10.4. The van der Waals surface area contributed by atoms with Gasteiger partial charge in [-0.05, 0) is 50.1 Å². The molecule has 0 aromatic heterocycles. The predicted molar refractivity (Wildman–Crippen MR) is 112 cm³/mol. The maximum Gasteiger partial charge on any atom is 0.261 e. The number of carbonyl (C=O) groups is 3. The van der Waals surface area contributed by atoms with E-state index < -0.39 is 0 Å². The minimum atomic E-state index is -0.279. The van der Waals surface area contributed by atoms with E-state index in [-0.39, 0.29) is 36.3 Å². The maximum atomic E-state index is 12.9. The molecule has 2 aliphatic rings. The van der Waals surface area contributed by atoms with Crippen LogP contribution >= 0.6 is 0 Å². The fraction of sp³-hybridized carbons (Fsp3) is 0.435. The van der Waals surface area contributed by atoms with Crippen molar-refractivity contribution in [3.05, 3.63) is 47.5 Å². The lowest BCUT2D eigenvalue weighted by atomic mass is 9.94. The van der Waals surface area contributed by atoms with Crippen molar-refractivity contribution >= 4 is 28.5 Å². The summed E-state index contributed by atoms with van der Waals surface area (Å²) in [5, 5.41) is 1.62. The lowest BCUT2D eigenvalue weighted by Crippen LogP contribution is -2.51. The number of rotatable bonds is 5. The fourth-order valence-corrected chi connectivity index (χ4v) is 4.63. The molecule has 0 saturated carbocycles. The molecule has 2 aliphatic heterocycles. The lowest BCUT2D eigenvalue weighted by molar-refractivity contribution is -0.135. The number of carbonyl (C=O) groups excluding carboxylic acids is 3. The van der Waals surface area contributed by atoms with Crippen molar-refractivity contribution < 1.29 is 14.4 Å². The molecule has 0 radical (unpaired) electrons.